The fourth-order valence-electron chi connectivity index (χ4n) is 1.47. The lowest BCUT2D eigenvalue weighted by atomic mass is 10.0. The molecule has 0 aliphatic carbocycles. The van der Waals surface area contributed by atoms with Crippen LogP contribution in [0.2, 0.25) is 0 Å². The molecule has 3 nitrogen and oxygen atoms in total. The van der Waals surface area contributed by atoms with E-state index in [4.69, 9.17) is 8.83 Å². The quantitative estimate of drug-likeness (QED) is 0.746. The van der Waals surface area contributed by atoms with Gasteiger partial charge in [-0.25, -0.2) is 0 Å². The molecule has 2 heterocycles. The molecule has 0 spiro atoms. The van der Waals surface area contributed by atoms with Gasteiger partial charge in [0, 0.05) is 0 Å². The van der Waals surface area contributed by atoms with Crippen molar-refractivity contribution in [1.82, 2.24) is 0 Å². The minimum Gasteiger partial charge on any atom is -0.467 e. The summed E-state index contributed by atoms with van der Waals surface area (Å²) in [6.07, 6.45) is 5.79. The van der Waals surface area contributed by atoms with E-state index in [0.29, 0.717) is 11.5 Å². The number of carbonyl (C=O) groups excluding carboxylic acids is 1. The highest BCUT2D eigenvalue weighted by Gasteiger charge is 2.39. The Morgan fingerprint density at radius 2 is 1.73 bits per heavy atom. The van der Waals surface area contributed by atoms with E-state index in [-0.39, 0.29) is 0 Å². The molecule has 0 atom stereocenters. The molecular weight excluding hydrogens is 212 g/mol. The van der Waals surface area contributed by atoms with Gasteiger partial charge in [-0.05, 0) is 30.5 Å². The molecule has 15 heavy (non-hydrogen) atoms. The van der Waals surface area contributed by atoms with E-state index < -0.39 is 4.75 Å². The van der Waals surface area contributed by atoms with Crippen molar-refractivity contribution >= 4 is 18.0 Å². The molecule has 0 saturated heterocycles. The summed E-state index contributed by atoms with van der Waals surface area (Å²) < 4.78 is 9.72. The smallest absolute Gasteiger partial charge is 0.186 e. The first-order chi connectivity index (χ1) is 7.33. The van der Waals surface area contributed by atoms with Crippen LogP contribution in [0.3, 0.4) is 0 Å². The summed E-state index contributed by atoms with van der Waals surface area (Å²) in [4.78, 5) is 11.3. The van der Waals surface area contributed by atoms with E-state index in [9.17, 15) is 4.79 Å². The van der Waals surface area contributed by atoms with Crippen molar-refractivity contribution in [3.05, 3.63) is 48.3 Å². The third-order valence-electron chi connectivity index (χ3n) is 2.26. The van der Waals surface area contributed by atoms with Gasteiger partial charge in [-0.15, -0.1) is 11.8 Å². The topological polar surface area (TPSA) is 43.4 Å². The highest BCUT2D eigenvalue weighted by atomic mass is 32.2. The molecule has 0 saturated carbocycles. The number of furan rings is 2. The summed E-state index contributed by atoms with van der Waals surface area (Å²) in [5, 5.41) is 0. The first-order valence-corrected chi connectivity index (χ1v) is 5.65. The molecule has 78 valence electrons. The Balaban J connectivity index is 2.55. The summed E-state index contributed by atoms with van der Waals surface area (Å²) in [5.41, 5.74) is 0. The number of hydrogen-bond donors (Lipinski definition) is 0. The van der Waals surface area contributed by atoms with Crippen molar-refractivity contribution in [3.8, 4) is 0 Å². The normalized spacial score (nSPS) is 11.5. The van der Waals surface area contributed by atoms with Crippen LogP contribution < -0.4 is 0 Å². The van der Waals surface area contributed by atoms with Crippen LogP contribution in [0.5, 0.6) is 0 Å². The minimum absolute atomic E-state index is 0.583. The van der Waals surface area contributed by atoms with E-state index in [1.807, 2.05) is 6.26 Å². The molecule has 4 heteroatoms. The zero-order valence-electron chi connectivity index (χ0n) is 8.17. The summed E-state index contributed by atoms with van der Waals surface area (Å²) in [6, 6.07) is 7.06. The molecule has 0 fully saturated rings. The number of carbonyl (C=O) groups is 1. The van der Waals surface area contributed by atoms with Crippen molar-refractivity contribution in [2.75, 3.05) is 6.26 Å². The zero-order chi connectivity index (χ0) is 10.7. The summed E-state index contributed by atoms with van der Waals surface area (Å²) in [6.45, 7) is 0. The average Bonchev–Trinajstić information content (AvgIpc) is 2.92. The fourth-order valence-corrected chi connectivity index (χ4v) is 2.20. The second-order valence-corrected chi connectivity index (χ2v) is 4.06. The Bertz CT molecular complexity index is 382. The average molecular weight is 222 g/mol. The fraction of sp³-hybridized carbons (Fsp3) is 0.182. The van der Waals surface area contributed by atoms with Gasteiger partial charge in [-0.2, -0.15) is 0 Å². The standard InChI is InChI=1S/C11H10O3S/c1-15-11(8-12,9-4-2-6-13-9)10-5-3-7-14-10/h2-8H,1H3. The SMILES string of the molecule is CSC(C=O)(c1ccco1)c1ccco1. The molecule has 2 rings (SSSR count). The highest BCUT2D eigenvalue weighted by Crippen LogP contribution is 2.39. The first kappa shape index (κ1) is 10.1. The summed E-state index contributed by atoms with van der Waals surface area (Å²) in [7, 11) is 0. The molecule has 0 amide bonds. The van der Waals surface area contributed by atoms with Crippen molar-refractivity contribution in [3.63, 3.8) is 0 Å². The van der Waals surface area contributed by atoms with Crippen LogP contribution >= 0.6 is 11.8 Å². The molecule has 0 aliphatic heterocycles. The predicted octanol–water partition coefficient (Wildman–Crippen LogP) is 2.68. The molecule has 0 unspecified atom stereocenters. The van der Waals surface area contributed by atoms with Gasteiger partial charge < -0.3 is 13.6 Å². The summed E-state index contributed by atoms with van der Waals surface area (Å²) >= 11 is 1.38. The van der Waals surface area contributed by atoms with Gasteiger partial charge >= 0.3 is 0 Å². The lowest BCUT2D eigenvalue weighted by molar-refractivity contribution is -0.109. The van der Waals surface area contributed by atoms with Crippen molar-refractivity contribution in [2.45, 2.75) is 4.75 Å². The molecule has 2 aromatic heterocycles. The Morgan fingerprint density at radius 1 is 1.20 bits per heavy atom. The van der Waals surface area contributed by atoms with Crippen molar-refractivity contribution in [2.24, 2.45) is 0 Å². The predicted molar refractivity (Wildman–Crippen MR) is 57.8 cm³/mol. The van der Waals surface area contributed by atoms with Gasteiger partial charge in [0.2, 0.25) is 0 Å². The second kappa shape index (κ2) is 3.98. The summed E-state index contributed by atoms with van der Waals surface area (Å²) in [5.74, 6) is 1.17. The maximum absolute atomic E-state index is 11.3. The Kier molecular flexibility index (Phi) is 2.68. The maximum atomic E-state index is 11.3. The van der Waals surface area contributed by atoms with Gasteiger partial charge in [0.1, 0.15) is 11.5 Å². The van der Waals surface area contributed by atoms with Gasteiger partial charge in [-0.1, -0.05) is 0 Å². The van der Waals surface area contributed by atoms with Gasteiger partial charge in [0.15, 0.2) is 11.0 Å². The minimum atomic E-state index is -0.868. The Morgan fingerprint density at radius 3 is 2.00 bits per heavy atom. The maximum Gasteiger partial charge on any atom is 0.186 e. The zero-order valence-corrected chi connectivity index (χ0v) is 8.99. The third kappa shape index (κ3) is 1.51. The van der Waals surface area contributed by atoms with E-state index in [2.05, 4.69) is 0 Å². The monoisotopic (exact) mass is 222 g/mol. The Labute approximate surface area is 91.5 Å². The number of rotatable bonds is 4. The Hall–Kier alpha value is -1.42. The van der Waals surface area contributed by atoms with Crippen LogP contribution in [-0.4, -0.2) is 12.5 Å². The van der Waals surface area contributed by atoms with E-state index in [1.165, 1.54) is 11.8 Å². The van der Waals surface area contributed by atoms with E-state index >= 15 is 0 Å². The van der Waals surface area contributed by atoms with Gasteiger partial charge in [-0.3, -0.25) is 0 Å². The molecule has 0 N–H and O–H groups in total. The van der Waals surface area contributed by atoms with E-state index in [0.717, 1.165) is 6.29 Å². The third-order valence-corrected chi connectivity index (χ3v) is 3.40. The van der Waals surface area contributed by atoms with Gasteiger partial charge in [0.25, 0.3) is 0 Å². The lowest BCUT2D eigenvalue weighted by Gasteiger charge is -2.20. The van der Waals surface area contributed by atoms with Crippen molar-refractivity contribution < 1.29 is 13.6 Å². The van der Waals surface area contributed by atoms with Crippen LogP contribution in [0.25, 0.3) is 0 Å². The van der Waals surface area contributed by atoms with Gasteiger partial charge in [0.05, 0.1) is 12.5 Å². The number of thioether (sulfide) groups is 1. The molecule has 0 bridgehead atoms. The molecule has 2 aromatic rings. The van der Waals surface area contributed by atoms with Crippen LogP contribution in [-0.2, 0) is 9.54 Å². The van der Waals surface area contributed by atoms with E-state index in [1.54, 1.807) is 36.8 Å². The first-order valence-electron chi connectivity index (χ1n) is 4.43. The number of hydrogen-bond acceptors (Lipinski definition) is 4. The second-order valence-electron chi connectivity index (χ2n) is 3.01. The van der Waals surface area contributed by atoms with Crippen LogP contribution in [0.1, 0.15) is 11.5 Å². The molecule has 0 radical (unpaired) electrons. The largest absolute Gasteiger partial charge is 0.467 e. The highest BCUT2D eigenvalue weighted by molar-refractivity contribution is 8.00. The lowest BCUT2D eigenvalue weighted by Crippen LogP contribution is -2.23. The van der Waals surface area contributed by atoms with Crippen molar-refractivity contribution in [1.29, 1.82) is 0 Å². The molecule has 0 aliphatic rings. The number of aldehydes is 1. The molecular formula is C11H10O3S. The van der Waals surface area contributed by atoms with Crippen LogP contribution in [0.4, 0.5) is 0 Å². The van der Waals surface area contributed by atoms with Crippen LogP contribution in [0.15, 0.2) is 45.6 Å². The van der Waals surface area contributed by atoms with Crippen LogP contribution in [0, 0.1) is 0 Å². The molecule has 0 aromatic carbocycles.